The van der Waals surface area contributed by atoms with E-state index in [0.29, 0.717) is 36.8 Å². The van der Waals surface area contributed by atoms with Gasteiger partial charge in [-0.15, -0.1) is 0 Å². The summed E-state index contributed by atoms with van der Waals surface area (Å²) < 4.78 is 11.1. The molecule has 0 bridgehead atoms. The molecule has 2 aromatic rings. The molecule has 0 unspecified atom stereocenters. The summed E-state index contributed by atoms with van der Waals surface area (Å²) in [5.74, 6) is 1.35. The lowest BCUT2D eigenvalue weighted by Crippen LogP contribution is -2.31. The van der Waals surface area contributed by atoms with Gasteiger partial charge in [0.15, 0.2) is 11.5 Å². The molecule has 5 heteroatoms. The molecule has 3 rings (SSSR count). The minimum Gasteiger partial charge on any atom is -0.486 e. The van der Waals surface area contributed by atoms with Crippen molar-refractivity contribution in [3.63, 3.8) is 0 Å². The number of pyridine rings is 1. The van der Waals surface area contributed by atoms with Crippen LogP contribution in [0.4, 0.5) is 0 Å². The summed E-state index contributed by atoms with van der Waals surface area (Å²) in [6.07, 6.45) is 5.55. The van der Waals surface area contributed by atoms with Crippen LogP contribution in [-0.2, 0) is 6.54 Å². The monoisotopic (exact) mass is 326 g/mol. The molecule has 0 N–H and O–H groups in total. The third kappa shape index (κ3) is 3.85. The predicted octanol–water partition coefficient (Wildman–Crippen LogP) is 3.30. The number of hydrogen-bond acceptors (Lipinski definition) is 4. The highest BCUT2D eigenvalue weighted by Gasteiger charge is 2.19. The van der Waals surface area contributed by atoms with Gasteiger partial charge in [0.1, 0.15) is 13.2 Å². The number of unbranched alkanes of at least 4 members (excludes halogenated alkanes) is 1. The maximum atomic E-state index is 13.0. The van der Waals surface area contributed by atoms with E-state index in [-0.39, 0.29) is 5.91 Å². The number of ether oxygens (including phenoxy) is 2. The SMILES string of the molecule is CCCCN(Cc1cccnc1)C(=O)c1ccc2c(c1)OCCO2. The average molecular weight is 326 g/mol. The van der Waals surface area contributed by atoms with Crippen LogP contribution in [-0.4, -0.2) is 35.5 Å². The summed E-state index contributed by atoms with van der Waals surface area (Å²) in [6, 6.07) is 9.27. The fraction of sp³-hybridized carbons (Fsp3) is 0.368. The maximum absolute atomic E-state index is 13.0. The van der Waals surface area contributed by atoms with Gasteiger partial charge in [-0.3, -0.25) is 9.78 Å². The van der Waals surface area contributed by atoms with Crippen molar-refractivity contribution in [2.75, 3.05) is 19.8 Å². The van der Waals surface area contributed by atoms with Crippen LogP contribution in [0.15, 0.2) is 42.7 Å². The van der Waals surface area contributed by atoms with Crippen LogP contribution in [0.5, 0.6) is 11.5 Å². The zero-order chi connectivity index (χ0) is 16.8. The molecule has 0 fully saturated rings. The number of nitrogens with zero attached hydrogens (tertiary/aromatic N) is 2. The number of carbonyl (C=O) groups is 1. The van der Waals surface area contributed by atoms with E-state index in [1.165, 1.54) is 0 Å². The average Bonchev–Trinajstić information content (AvgIpc) is 2.65. The third-order valence-electron chi connectivity index (χ3n) is 3.95. The van der Waals surface area contributed by atoms with Gasteiger partial charge in [-0.25, -0.2) is 0 Å². The Hall–Kier alpha value is -2.56. The summed E-state index contributed by atoms with van der Waals surface area (Å²) in [5.41, 5.74) is 1.65. The van der Waals surface area contributed by atoms with E-state index < -0.39 is 0 Å². The van der Waals surface area contributed by atoms with Crippen molar-refractivity contribution in [2.24, 2.45) is 0 Å². The Morgan fingerprint density at radius 2 is 2.04 bits per heavy atom. The van der Waals surface area contributed by atoms with Crippen molar-refractivity contribution < 1.29 is 14.3 Å². The molecule has 1 aromatic heterocycles. The Balaban J connectivity index is 1.79. The maximum Gasteiger partial charge on any atom is 0.254 e. The largest absolute Gasteiger partial charge is 0.486 e. The topological polar surface area (TPSA) is 51.7 Å². The molecule has 0 spiro atoms. The van der Waals surface area contributed by atoms with Crippen LogP contribution in [0.3, 0.4) is 0 Å². The van der Waals surface area contributed by atoms with Crippen LogP contribution >= 0.6 is 0 Å². The molecule has 1 aliphatic rings. The van der Waals surface area contributed by atoms with Crippen LogP contribution in [0.2, 0.25) is 0 Å². The first-order valence-corrected chi connectivity index (χ1v) is 8.35. The lowest BCUT2D eigenvalue weighted by Gasteiger charge is -2.24. The number of carbonyl (C=O) groups excluding carboxylic acids is 1. The molecular formula is C19H22N2O3. The molecule has 0 aliphatic carbocycles. The second-order valence-corrected chi connectivity index (χ2v) is 5.80. The normalized spacial score (nSPS) is 12.7. The van der Waals surface area contributed by atoms with Gasteiger partial charge in [0.25, 0.3) is 5.91 Å². The third-order valence-corrected chi connectivity index (χ3v) is 3.95. The van der Waals surface area contributed by atoms with Gasteiger partial charge in [0.2, 0.25) is 0 Å². The number of aromatic nitrogens is 1. The molecule has 0 saturated carbocycles. The lowest BCUT2D eigenvalue weighted by molar-refractivity contribution is 0.0739. The fourth-order valence-electron chi connectivity index (χ4n) is 2.67. The molecule has 24 heavy (non-hydrogen) atoms. The Morgan fingerprint density at radius 3 is 2.79 bits per heavy atom. The highest BCUT2D eigenvalue weighted by Crippen LogP contribution is 2.31. The second kappa shape index (κ2) is 7.81. The molecule has 126 valence electrons. The van der Waals surface area contributed by atoms with E-state index in [1.54, 1.807) is 24.5 Å². The first-order chi connectivity index (χ1) is 11.8. The predicted molar refractivity (Wildman–Crippen MR) is 91.3 cm³/mol. The van der Waals surface area contributed by atoms with Crippen LogP contribution in [0, 0.1) is 0 Å². The van der Waals surface area contributed by atoms with Gasteiger partial charge < -0.3 is 14.4 Å². The first kappa shape index (κ1) is 16.3. The molecule has 1 amide bonds. The molecule has 0 atom stereocenters. The Morgan fingerprint density at radius 1 is 1.21 bits per heavy atom. The minimum absolute atomic E-state index is 0.00396. The van der Waals surface area contributed by atoms with Gasteiger partial charge in [-0.1, -0.05) is 19.4 Å². The Bertz CT molecular complexity index is 688. The fourth-order valence-corrected chi connectivity index (χ4v) is 2.67. The zero-order valence-electron chi connectivity index (χ0n) is 13.9. The number of hydrogen-bond donors (Lipinski definition) is 0. The molecule has 2 heterocycles. The number of benzene rings is 1. The van der Waals surface area contributed by atoms with E-state index in [9.17, 15) is 4.79 Å². The van der Waals surface area contributed by atoms with Crippen molar-refractivity contribution >= 4 is 5.91 Å². The smallest absolute Gasteiger partial charge is 0.254 e. The second-order valence-electron chi connectivity index (χ2n) is 5.80. The molecule has 5 nitrogen and oxygen atoms in total. The molecule has 0 radical (unpaired) electrons. The van der Waals surface area contributed by atoms with E-state index in [0.717, 1.165) is 24.9 Å². The number of amides is 1. The minimum atomic E-state index is 0.00396. The summed E-state index contributed by atoms with van der Waals surface area (Å²) in [5, 5.41) is 0. The lowest BCUT2D eigenvalue weighted by atomic mass is 10.1. The van der Waals surface area contributed by atoms with Crippen molar-refractivity contribution in [1.82, 2.24) is 9.88 Å². The summed E-state index contributed by atoms with van der Waals surface area (Å²) in [7, 11) is 0. The zero-order valence-corrected chi connectivity index (χ0v) is 13.9. The van der Waals surface area contributed by atoms with E-state index in [4.69, 9.17) is 9.47 Å². The number of rotatable bonds is 6. The standard InChI is InChI=1S/C19H22N2O3/c1-2-3-9-21(14-15-5-4-8-20-13-15)19(22)16-6-7-17-18(12-16)24-11-10-23-17/h4-8,12-13H,2-3,9-11,14H2,1H3. The van der Waals surface area contributed by atoms with E-state index in [1.807, 2.05) is 23.1 Å². The highest BCUT2D eigenvalue weighted by atomic mass is 16.6. The Kier molecular flexibility index (Phi) is 5.31. The van der Waals surface area contributed by atoms with Crippen molar-refractivity contribution in [1.29, 1.82) is 0 Å². The summed E-state index contributed by atoms with van der Waals surface area (Å²) in [6.45, 7) is 4.46. The van der Waals surface area contributed by atoms with Crippen LogP contribution in [0.25, 0.3) is 0 Å². The molecule has 1 aromatic carbocycles. The van der Waals surface area contributed by atoms with Crippen LogP contribution < -0.4 is 9.47 Å². The molecular weight excluding hydrogens is 304 g/mol. The summed E-state index contributed by atoms with van der Waals surface area (Å²) in [4.78, 5) is 19.0. The van der Waals surface area contributed by atoms with Crippen molar-refractivity contribution in [3.05, 3.63) is 53.9 Å². The van der Waals surface area contributed by atoms with Crippen molar-refractivity contribution in [3.8, 4) is 11.5 Å². The first-order valence-electron chi connectivity index (χ1n) is 8.35. The van der Waals surface area contributed by atoms with Gasteiger partial charge in [0.05, 0.1) is 0 Å². The van der Waals surface area contributed by atoms with Crippen molar-refractivity contribution in [2.45, 2.75) is 26.3 Å². The quantitative estimate of drug-likeness (QED) is 0.817. The van der Waals surface area contributed by atoms with E-state index >= 15 is 0 Å². The van der Waals surface area contributed by atoms with E-state index in [2.05, 4.69) is 11.9 Å². The summed E-state index contributed by atoms with van der Waals surface area (Å²) >= 11 is 0. The van der Waals surface area contributed by atoms with Gasteiger partial charge >= 0.3 is 0 Å². The van der Waals surface area contributed by atoms with Crippen LogP contribution in [0.1, 0.15) is 35.7 Å². The number of fused-ring (bicyclic) bond motifs is 1. The Labute approximate surface area is 142 Å². The van der Waals surface area contributed by atoms with Gasteiger partial charge in [-0.05, 0) is 36.2 Å². The van der Waals surface area contributed by atoms with Gasteiger partial charge in [0, 0.05) is 31.0 Å². The molecule has 0 saturated heterocycles. The molecule has 1 aliphatic heterocycles. The highest BCUT2D eigenvalue weighted by molar-refractivity contribution is 5.95. The van der Waals surface area contributed by atoms with Gasteiger partial charge in [-0.2, -0.15) is 0 Å².